The largest absolute Gasteiger partial charge is 0.469 e. The third kappa shape index (κ3) is 4.04. The van der Waals surface area contributed by atoms with Gasteiger partial charge in [0.25, 0.3) is 0 Å². The molecule has 0 unspecified atom stereocenters. The minimum absolute atomic E-state index is 0.140. The van der Waals surface area contributed by atoms with Gasteiger partial charge in [-0.1, -0.05) is 35.0 Å². The van der Waals surface area contributed by atoms with Crippen molar-refractivity contribution in [3.8, 4) is 0 Å². The van der Waals surface area contributed by atoms with Gasteiger partial charge in [-0.05, 0) is 30.0 Å². The quantitative estimate of drug-likeness (QED) is 0.783. The highest BCUT2D eigenvalue weighted by atomic mass is 79.9. The van der Waals surface area contributed by atoms with Gasteiger partial charge in [0, 0.05) is 10.9 Å². The molecule has 82 valence electrons. The van der Waals surface area contributed by atoms with Gasteiger partial charge >= 0.3 is 5.97 Å². The van der Waals surface area contributed by atoms with Crippen LogP contribution in [-0.2, 0) is 9.53 Å². The van der Waals surface area contributed by atoms with Crippen LogP contribution < -0.4 is 0 Å². The SMILES string of the molecule is COC(=O)CC[C@H](C)c1ccc(Br)cc1. The van der Waals surface area contributed by atoms with Crippen molar-refractivity contribution in [2.75, 3.05) is 7.11 Å². The van der Waals surface area contributed by atoms with Crippen molar-refractivity contribution >= 4 is 21.9 Å². The van der Waals surface area contributed by atoms with Crippen molar-refractivity contribution in [1.29, 1.82) is 0 Å². The third-order valence-corrected chi connectivity index (χ3v) is 2.98. The molecule has 0 heterocycles. The van der Waals surface area contributed by atoms with Gasteiger partial charge in [-0.25, -0.2) is 0 Å². The maximum absolute atomic E-state index is 11.0. The molecule has 0 aliphatic rings. The topological polar surface area (TPSA) is 26.3 Å². The predicted octanol–water partition coefficient (Wildman–Crippen LogP) is 3.51. The summed E-state index contributed by atoms with van der Waals surface area (Å²) in [6.45, 7) is 2.12. The molecular weight excluding hydrogens is 256 g/mol. The second-order valence-electron chi connectivity index (χ2n) is 3.57. The van der Waals surface area contributed by atoms with E-state index in [0.717, 1.165) is 10.9 Å². The van der Waals surface area contributed by atoms with Gasteiger partial charge in [0.1, 0.15) is 0 Å². The van der Waals surface area contributed by atoms with Gasteiger partial charge < -0.3 is 4.74 Å². The zero-order chi connectivity index (χ0) is 11.3. The lowest BCUT2D eigenvalue weighted by Gasteiger charge is -2.10. The number of methoxy groups -OCH3 is 1. The molecule has 1 aromatic carbocycles. The summed E-state index contributed by atoms with van der Waals surface area (Å²) in [5.74, 6) is 0.246. The smallest absolute Gasteiger partial charge is 0.305 e. The highest BCUT2D eigenvalue weighted by Gasteiger charge is 2.08. The van der Waals surface area contributed by atoms with Crippen LogP contribution in [0.5, 0.6) is 0 Å². The second-order valence-corrected chi connectivity index (χ2v) is 4.48. The summed E-state index contributed by atoms with van der Waals surface area (Å²) < 4.78 is 5.68. The van der Waals surface area contributed by atoms with Crippen LogP contribution in [0.4, 0.5) is 0 Å². The summed E-state index contributed by atoms with van der Waals surface area (Å²) in [6, 6.07) is 8.19. The zero-order valence-corrected chi connectivity index (χ0v) is 10.6. The van der Waals surface area contributed by atoms with Gasteiger partial charge in [0.05, 0.1) is 7.11 Å². The fraction of sp³-hybridized carbons (Fsp3) is 0.417. The number of rotatable bonds is 4. The molecule has 0 bridgehead atoms. The molecule has 0 aliphatic carbocycles. The Hall–Kier alpha value is -0.830. The van der Waals surface area contributed by atoms with Gasteiger partial charge in [0.15, 0.2) is 0 Å². The Labute approximate surface area is 98.8 Å². The standard InChI is InChI=1S/C12H15BrO2/c1-9(3-8-12(14)15-2)10-4-6-11(13)7-5-10/h4-7,9H,3,8H2,1-2H3/t9-/m0/s1. The van der Waals surface area contributed by atoms with Crippen LogP contribution >= 0.6 is 15.9 Å². The lowest BCUT2D eigenvalue weighted by Crippen LogP contribution is -2.03. The number of carbonyl (C=O) groups excluding carboxylic acids is 1. The van der Waals surface area contributed by atoms with Crippen LogP contribution in [0, 0.1) is 0 Å². The zero-order valence-electron chi connectivity index (χ0n) is 9.00. The maximum atomic E-state index is 11.0. The summed E-state index contributed by atoms with van der Waals surface area (Å²) in [5.41, 5.74) is 1.25. The van der Waals surface area contributed by atoms with E-state index in [0.29, 0.717) is 12.3 Å². The fourth-order valence-corrected chi connectivity index (χ4v) is 1.66. The third-order valence-electron chi connectivity index (χ3n) is 2.45. The van der Waals surface area contributed by atoms with E-state index >= 15 is 0 Å². The van der Waals surface area contributed by atoms with Crippen molar-refractivity contribution < 1.29 is 9.53 Å². The van der Waals surface area contributed by atoms with E-state index in [1.807, 2.05) is 12.1 Å². The van der Waals surface area contributed by atoms with Crippen molar-refractivity contribution in [3.63, 3.8) is 0 Å². The molecule has 1 rings (SSSR count). The number of esters is 1. The Bertz CT molecular complexity index is 319. The van der Waals surface area contributed by atoms with Crippen molar-refractivity contribution in [1.82, 2.24) is 0 Å². The highest BCUT2D eigenvalue weighted by Crippen LogP contribution is 2.22. The monoisotopic (exact) mass is 270 g/mol. The first-order valence-electron chi connectivity index (χ1n) is 4.95. The summed E-state index contributed by atoms with van der Waals surface area (Å²) >= 11 is 3.39. The average molecular weight is 271 g/mol. The number of ether oxygens (including phenoxy) is 1. The van der Waals surface area contributed by atoms with E-state index < -0.39 is 0 Å². The number of hydrogen-bond donors (Lipinski definition) is 0. The molecule has 0 spiro atoms. The van der Waals surface area contributed by atoms with Crippen molar-refractivity contribution in [2.45, 2.75) is 25.7 Å². The normalized spacial score (nSPS) is 12.2. The molecule has 0 saturated heterocycles. The molecule has 3 heteroatoms. The average Bonchev–Trinajstić information content (AvgIpc) is 2.26. The van der Waals surface area contributed by atoms with Crippen molar-refractivity contribution in [3.05, 3.63) is 34.3 Å². The molecule has 0 aliphatic heterocycles. The first-order chi connectivity index (χ1) is 7.13. The lowest BCUT2D eigenvalue weighted by atomic mass is 9.96. The van der Waals surface area contributed by atoms with Gasteiger partial charge in [-0.15, -0.1) is 0 Å². The van der Waals surface area contributed by atoms with E-state index in [2.05, 4.69) is 39.7 Å². The molecule has 1 aromatic rings. The number of carbonyl (C=O) groups is 1. The Morgan fingerprint density at radius 2 is 2.00 bits per heavy atom. The summed E-state index contributed by atoms with van der Waals surface area (Å²) in [7, 11) is 1.42. The lowest BCUT2D eigenvalue weighted by molar-refractivity contribution is -0.140. The van der Waals surface area contributed by atoms with E-state index in [-0.39, 0.29) is 5.97 Å². The summed E-state index contributed by atoms with van der Waals surface area (Å²) in [4.78, 5) is 11.0. The Morgan fingerprint density at radius 3 is 2.53 bits per heavy atom. The Balaban J connectivity index is 2.50. The van der Waals surface area contributed by atoms with E-state index in [1.54, 1.807) is 0 Å². The van der Waals surface area contributed by atoms with Gasteiger partial charge in [-0.3, -0.25) is 4.79 Å². The highest BCUT2D eigenvalue weighted by molar-refractivity contribution is 9.10. The minimum Gasteiger partial charge on any atom is -0.469 e. The van der Waals surface area contributed by atoms with Crippen molar-refractivity contribution in [2.24, 2.45) is 0 Å². The van der Waals surface area contributed by atoms with Gasteiger partial charge in [-0.2, -0.15) is 0 Å². The molecule has 0 amide bonds. The van der Waals surface area contributed by atoms with E-state index in [4.69, 9.17) is 0 Å². The minimum atomic E-state index is -0.140. The molecule has 1 atom stereocenters. The molecule has 0 saturated carbocycles. The van der Waals surface area contributed by atoms with Crippen LogP contribution in [0.1, 0.15) is 31.2 Å². The van der Waals surface area contributed by atoms with E-state index in [9.17, 15) is 4.79 Å². The molecule has 0 N–H and O–H groups in total. The van der Waals surface area contributed by atoms with Gasteiger partial charge in [0.2, 0.25) is 0 Å². The Kier molecular flexibility index (Phi) is 4.82. The van der Waals surface area contributed by atoms with Crippen LogP contribution in [0.25, 0.3) is 0 Å². The summed E-state index contributed by atoms with van der Waals surface area (Å²) in [6.07, 6.45) is 1.31. The first kappa shape index (κ1) is 12.2. The van der Waals surface area contributed by atoms with Crippen LogP contribution in [0.15, 0.2) is 28.7 Å². The molecule has 2 nitrogen and oxygen atoms in total. The maximum Gasteiger partial charge on any atom is 0.305 e. The van der Waals surface area contributed by atoms with Crippen LogP contribution in [0.3, 0.4) is 0 Å². The first-order valence-corrected chi connectivity index (χ1v) is 5.75. The number of benzene rings is 1. The molecular formula is C12H15BrO2. The van der Waals surface area contributed by atoms with E-state index in [1.165, 1.54) is 12.7 Å². The number of hydrogen-bond acceptors (Lipinski definition) is 2. The van der Waals surface area contributed by atoms with Crippen LogP contribution in [0.2, 0.25) is 0 Å². The predicted molar refractivity (Wildman–Crippen MR) is 63.8 cm³/mol. The second kappa shape index (κ2) is 5.91. The molecule has 15 heavy (non-hydrogen) atoms. The molecule has 0 radical (unpaired) electrons. The number of halogens is 1. The van der Waals surface area contributed by atoms with Crippen LogP contribution in [-0.4, -0.2) is 13.1 Å². The molecule has 0 aromatic heterocycles. The fourth-order valence-electron chi connectivity index (χ4n) is 1.39. The summed E-state index contributed by atoms with van der Waals surface area (Å²) in [5, 5.41) is 0. The Morgan fingerprint density at radius 1 is 1.40 bits per heavy atom. The molecule has 0 fully saturated rings.